The van der Waals surface area contributed by atoms with Gasteiger partial charge in [-0.2, -0.15) is 0 Å². The molecule has 0 spiro atoms. The number of pyridine rings is 1. The summed E-state index contributed by atoms with van der Waals surface area (Å²) in [6, 6.07) is 11.2. The average molecular weight is 341 g/mol. The molecule has 1 amide bonds. The minimum absolute atomic E-state index is 0.00699. The van der Waals surface area contributed by atoms with Crippen LogP contribution in [0.2, 0.25) is 0 Å². The van der Waals surface area contributed by atoms with Gasteiger partial charge in [0.1, 0.15) is 12.4 Å². The zero-order valence-electron chi connectivity index (χ0n) is 14.4. The monoisotopic (exact) mass is 341 g/mol. The summed E-state index contributed by atoms with van der Waals surface area (Å²) in [5.74, 6) is 0.684. The maximum absolute atomic E-state index is 13.1. The first-order valence-electron chi connectivity index (χ1n) is 8.43. The van der Waals surface area contributed by atoms with Crippen molar-refractivity contribution in [2.75, 3.05) is 40.0 Å². The molecule has 1 fully saturated rings. The Hall–Kier alpha value is -2.44. The van der Waals surface area contributed by atoms with Crippen LogP contribution in [0.5, 0.6) is 5.75 Å². The molecule has 2 heterocycles. The number of piperazine rings is 1. The number of methoxy groups -OCH3 is 1. The van der Waals surface area contributed by atoms with Gasteiger partial charge in [-0.1, -0.05) is 12.1 Å². The molecule has 0 saturated carbocycles. The Labute approximate surface area is 147 Å². The Morgan fingerprint density at radius 1 is 1.32 bits per heavy atom. The van der Waals surface area contributed by atoms with E-state index in [1.54, 1.807) is 19.4 Å². The van der Waals surface area contributed by atoms with Crippen LogP contribution in [0.3, 0.4) is 0 Å². The predicted molar refractivity (Wildman–Crippen MR) is 94.7 cm³/mol. The maximum atomic E-state index is 13.1. The second kappa shape index (κ2) is 8.60. The Bertz CT molecular complexity index is 693. The third-order valence-corrected chi connectivity index (χ3v) is 4.21. The van der Waals surface area contributed by atoms with E-state index in [1.165, 1.54) is 0 Å². The Morgan fingerprint density at radius 3 is 3.04 bits per heavy atom. The number of nitrogens with zero attached hydrogens (tertiary/aromatic N) is 2. The fourth-order valence-corrected chi connectivity index (χ4v) is 2.95. The summed E-state index contributed by atoms with van der Waals surface area (Å²) < 4.78 is 10.6. The average Bonchev–Trinajstić information content (AvgIpc) is 2.68. The number of hydrogen-bond donors (Lipinski definition) is 1. The summed E-state index contributed by atoms with van der Waals surface area (Å²) in [5.41, 5.74) is 1.67. The first kappa shape index (κ1) is 17.4. The molecule has 1 unspecified atom stereocenters. The van der Waals surface area contributed by atoms with Crippen molar-refractivity contribution in [3.8, 4) is 5.75 Å². The van der Waals surface area contributed by atoms with Crippen molar-refractivity contribution in [3.05, 3.63) is 59.9 Å². The van der Waals surface area contributed by atoms with Gasteiger partial charge in [-0.15, -0.1) is 0 Å². The van der Waals surface area contributed by atoms with Gasteiger partial charge < -0.3 is 19.7 Å². The standard InChI is InChI=1S/C19H23N3O3/c1-24-10-11-25-17-6-2-4-15(12-17)19(23)22-9-8-21-14-18(22)16-5-3-7-20-13-16/h2-7,12-13,18,21H,8-11,14H2,1H3. The number of aromatic nitrogens is 1. The number of carbonyl (C=O) groups is 1. The van der Waals surface area contributed by atoms with Crippen molar-refractivity contribution in [1.29, 1.82) is 0 Å². The second-order valence-electron chi connectivity index (χ2n) is 5.87. The quantitative estimate of drug-likeness (QED) is 0.813. The molecule has 0 radical (unpaired) electrons. The molecule has 1 aromatic carbocycles. The number of hydrogen-bond acceptors (Lipinski definition) is 5. The Balaban J connectivity index is 1.77. The maximum Gasteiger partial charge on any atom is 0.254 e. The van der Waals surface area contributed by atoms with Crippen molar-refractivity contribution in [2.45, 2.75) is 6.04 Å². The Morgan fingerprint density at radius 2 is 2.24 bits per heavy atom. The molecule has 1 aromatic heterocycles. The number of benzene rings is 1. The highest BCUT2D eigenvalue weighted by Crippen LogP contribution is 2.24. The van der Waals surface area contributed by atoms with Crippen molar-refractivity contribution < 1.29 is 14.3 Å². The van der Waals surface area contributed by atoms with E-state index in [1.807, 2.05) is 41.4 Å². The van der Waals surface area contributed by atoms with E-state index in [0.717, 1.165) is 18.7 Å². The molecule has 1 aliphatic heterocycles. The lowest BCUT2D eigenvalue weighted by Gasteiger charge is -2.36. The third-order valence-electron chi connectivity index (χ3n) is 4.21. The topological polar surface area (TPSA) is 63.7 Å². The second-order valence-corrected chi connectivity index (χ2v) is 5.87. The molecule has 1 saturated heterocycles. The summed E-state index contributed by atoms with van der Waals surface area (Å²) >= 11 is 0. The van der Waals surface area contributed by atoms with Crippen LogP contribution in [-0.4, -0.2) is 55.7 Å². The van der Waals surface area contributed by atoms with E-state index in [0.29, 0.717) is 31.1 Å². The van der Waals surface area contributed by atoms with Gasteiger partial charge in [0.25, 0.3) is 5.91 Å². The lowest BCUT2D eigenvalue weighted by Crippen LogP contribution is -2.48. The van der Waals surface area contributed by atoms with Crippen molar-refractivity contribution in [3.63, 3.8) is 0 Å². The van der Waals surface area contributed by atoms with Gasteiger partial charge in [-0.25, -0.2) is 0 Å². The van der Waals surface area contributed by atoms with E-state index < -0.39 is 0 Å². The lowest BCUT2D eigenvalue weighted by atomic mass is 10.0. The van der Waals surface area contributed by atoms with Crippen LogP contribution in [0.25, 0.3) is 0 Å². The number of nitrogens with one attached hydrogen (secondary N) is 1. The smallest absolute Gasteiger partial charge is 0.254 e. The van der Waals surface area contributed by atoms with Crippen LogP contribution < -0.4 is 10.1 Å². The fraction of sp³-hybridized carbons (Fsp3) is 0.368. The van der Waals surface area contributed by atoms with E-state index in [2.05, 4.69) is 10.3 Å². The van der Waals surface area contributed by atoms with Crippen molar-refractivity contribution in [1.82, 2.24) is 15.2 Å². The highest BCUT2D eigenvalue weighted by Gasteiger charge is 2.28. The SMILES string of the molecule is COCCOc1cccc(C(=O)N2CCNCC2c2cccnc2)c1. The molecule has 6 nitrogen and oxygen atoms in total. The van der Waals surface area contributed by atoms with Crippen LogP contribution in [0.15, 0.2) is 48.8 Å². The first-order valence-corrected chi connectivity index (χ1v) is 8.43. The van der Waals surface area contributed by atoms with Crippen LogP contribution in [0.4, 0.5) is 0 Å². The predicted octanol–water partition coefficient (Wildman–Crippen LogP) is 1.89. The molecule has 1 aliphatic rings. The van der Waals surface area contributed by atoms with Gasteiger partial charge >= 0.3 is 0 Å². The Kier molecular flexibility index (Phi) is 5.98. The largest absolute Gasteiger partial charge is 0.491 e. The normalized spacial score (nSPS) is 17.3. The van der Waals surface area contributed by atoms with Crippen LogP contribution >= 0.6 is 0 Å². The lowest BCUT2D eigenvalue weighted by molar-refractivity contribution is 0.0633. The summed E-state index contributed by atoms with van der Waals surface area (Å²) in [7, 11) is 1.63. The fourth-order valence-electron chi connectivity index (χ4n) is 2.95. The van der Waals surface area contributed by atoms with Crippen LogP contribution in [0.1, 0.15) is 22.0 Å². The zero-order chi connectivity index (χ0) is 17.5. The number of rotatable bonds is 6. The molecular formula is C19H23N3O3. The number of ether oxygens (including phenoxy) is 2. The van der Waals surface area contributed by atoms with Gasteiger partial charge in [0, 0.05) is 44.7 Å². The molecule has 6 heteroatoms. The van der Waals surface area contributed by atoms with E-state index in [4.69, 9.17) is 9.47 Å². The highest BCUT2D eigenvalue weighted by molar-refractivity contribution is 5.95. The van der Waals surface area contributed by atoms with Gasteiger partial charge in [-0.3, -0.25) is 9.78 Å². The molecular weight excluding hydrogens is 318 g/mol. The van der Waals surface area contributed by atoms with Gasteiger partial charge in [0.2, 0.25) is 0 Å². The van der Waals surface area contributed by atoms with Gasteiger partial charge in [-0.05, 0) is 29.8 Å². The minimum atomic E-state index is -0.0204. The molecule has 1 N–H and O–H groups in total. The van der Waals surface area contributed by atoms with Crippen LogP contribution in [-0.2, 0) is 4.74 Å². The zero-order valence-corrected chi connectivity index (χ0v) is 14.4. The van der Waals surface area contributed by atoms with E-state index in [-0.39, 0.29) is 11.9 Å². The van der Waals surface area contributed by atoms with Gasteiger partial charge in [0.15, 0.2) is 0 Å². The first-order chi connectivity index (χ1) is 12.3. The molecule has 0 aliphatic carbocycles. The third kappa shape index (κ3) is 4.35. The molecule has 25 heavy (non-hydrogen) atoms. The molecule has 2 aromatic rings. The summed E-state index contributed by atoms with van der Waals surface area (Å²) in [6.45, 7) is 3.14. The van der Waals surface area contributed by atoms with Crippen molar-refractivity contribution >= 4 is 5.91 Å². The molecule has 0 bridgehead atoms. The molecule has 1 atom stereocenters. The molecule has 3 rings (SSSR count). The summed E-state index contributed by atoms with van der Waals surface area (Å²) in [5, 5.41) is 3.36. The summed E-state index contributed by atoms with van der Waals surface area (Å²) in [4.78, 5) is 19.2. The number of carbonyl (C=O) groups excluding carboxylic acids is 1. The highest BCUT2D eigenvalue weighted by atomic mass is 16.5. The van der Waals surface area contributed by atoms with Gasteiger partial charge in [0.05, 0.1) is 12.6 Å². The minimum Gasteiger partial charge on any atom is -0.491 e. The summed E-state index contributed by atoms with van der Waals surface area (Å²) in [6.07, 6.45) is 3.56. The van der Waals surface area contributed by atoms with E-state index >= 15 is 0 Å². The molecule has 132 valence electrons. The van der Waals surface area contributed by atoms with E-state index in [9.17, 15) is 4.79 Å². The number of amides is 1. The van der Waals surface area contributed by atoms with Crippen LogP contribution in [0, 0.1) is 0 Å². The van der Waals surface area contributed by atoms with Crippen molar-refractivity contribution in [2.24, 2.45) is 0 Å².